The fourth-order valence-corrected chi connectivity index (χ4v) is 4.44. The highest BCUT2D eigenvalue weighted by Gasteiger charge is 2.30. The molecule has 1 atom stereocenters. The number of hydrogen-bond acceptors (Lipinski definition) is 2. The zero-order valence-electron chi connectivity index (χ0n) is 16.2. The number of benzene rings is 1. The lowest BCUT2D eigenvalue weighted by Gasteiger charge is -2.36. The van der Waals surface area contributed by atoms with Crippen LogP contribution in [0.4, 0.5) is 0 Å². The van der Waals surface area contributed by atoms with Crippen LogP contribution in [0.3, 0.4) is 0 Å². The number of thioether (sulfide) groups is 1. The highest BCUT2D eigenvalue weighted by Crippen LogP contribution is 2.41. The smallest absolute Gasteiger partial charge is 0.155 e. The standard InChI is InChI=1S/C23H32OS/c1-18-10-9-17-23(2,3)21(18)16-15-20(24)13-7-5-11-19-12-6-8-14-22(19)25-4/h6,8,10,12,14-16,21H,5,7,9,11,13,17H2,1-4H3/b16-15+. The van der Waals surface area contributed by atoms with E-state index in [0.717, 1.165) is 25.7 Å². The van der Waals surface area contributed by atoms with Gasteiger partial charge in [0.05, 0.1) is 0 Å². The van der Waals surface area contributed by atoms with Gasteiger partial charge in [0.1, 0.15) is 0 Å². The molecule has 0 heterocycles. The van der Waals surface area contributed by atoms with Crippen molar-refractivity contribution in [2.75, 3.05) is 6.26 Å². The molecule has 1 nitrogen and oxygen atoms in total. The Morgan fingerprint density at radius 1 is 1.28 bits per heavy atom. The summed E-state index contributed by atoms with van der Waals surface area (Å²) >= 11 is 1.80. The van der Waals surface area contributed by atoms with Crippen molar-refractivity contribution in [1.29, 1.82) is 0 Å². The minimum Gasteiger partial charge on any atom is -0.295 e. The molecule has 1 aromatic rings. The maximum atomic E-state index is 12.2. The van der Waals surface area contributed by atoms with Crippen LogP contribution in [0.1, 0.15) is 58.4 Å². The first-order chi connectivity index (χ1) is 11.9. The molecule has 0 saturated carbocycles. The van der Waals surface area contributed by atoms with Crippen molar-refractivity contribution in [1.82, 2.24) is 0 Å². The molecule has 0 bridgehead atoms. The third-order valence-corrected chi connectivity index (χ3v) is 6.21. The molecule has 0 fully saturated rings. The molecule has 2 heteroatoms. The Hall–Kier alpha value is -1.28. The van der Waals surface area contributed by atoms with Crippen LogP contribution in [-0.2, 0) is 11.2 Å². The van der Waals surface area contributed by atoms with Crippen molar-refractivity contribution < 1.29 is 4.79 Å². The van der Waals surface area contributed by atoms with E-state index in [4.69, 9.17) is 0 Å². The predicted octanol–water partition coefficient (Wildman–Crippen LogP) is 6.63. The summed E-state index contributed by atoms with van der Waals surface area (Å²) in [6.07, 6.45) is 14.6. The van der Waals surface area contributed by atoms with Crippen LogP contribution in [0, 0.1) is 11.3 Å². The van der Waals surface area contributed by atoms with Gasteiger partial charge >= 0.3 is 0 Å². The van der Waals surface area contributed by atoms with Crippen molar-refractivity contribution in [2.24, 2.45) is 11.3 Å². The number of ketones is 1. The molecule has 25 heavy (non-hydrogen) atoms. The van der Waals surface area contributed by atoms with Crippen molar-refractivity contribution in [3.63, 3.8) is 0 Å². The monoisotopic (exact) mass is 356 g/mol. The number of unbranched alkanes of at least 4 members (excludes halogenated alkanes) is 1. The number of hydrogen-bond donors (Lipinski definition) is 0. The maximum Gasteiger partial charge on any atom is 0.155 e. The topological polar surface area (TPSA) is 17.1 Å². The van der Waals surface area contributed by atoms with Gasteiger partial charge in [-0.15, -0.1) is 11.8 Å². The van der Waals surface area contributed by atoms with Gasteiger partial charge in [-0.25, -0.2) is 0 Å². The average Bonchev–Trinajstić information content (AvgIpc) is 2.58. The number of rotatable bonds is 8. The molecule has 1 unspecified atom stereocenters. The van der Waals surface area contributed by atoms with E-state index in [9.17, 15) is 4.79 Å². The summed E-state index contributed by atoms with van der Waals surface area (Å²) in [6.45, 7) is 6.82. The summed E-state index contributed by atoms with van der Waals surface area (Å²) in [4.78, 5) is 13.6. The van der Waals surface area contributed by atoms with Gasteiger partial charge in [0.25, 0.3) is 0 Å². The third kappa shape index (κ3) is 5.88. The van der Waals surface area contributed by atoms with Crippen LogP contribution >= 0.6 is 11.8 Å². The minimum atomic E-state index is 0.261. The second kappa shape index (κ2) is 9.43. The van der Waals surface area contributed by atoms with Gasteiger partial charge < -0.3 is 0 Å². The van der Waals surface area contributed by atoms with E-state index in [2.05, 4.69) is 63.4 Å². The molecule has 1 aliphatic carbocycles. The van der Waals surface area contributed by atoms with Crippen LogP contribution in [0.5, 0.6) is 0 Å². The Kier molecular flexibility index (Phi) is 7.56. The van der Waals surface area contributed by atoms with E-state index < -0.39 is 0 Å². The highest BCUT2D eigenvalue weighted by molar-refractivity contribution is 7.98. The molecule has 1 aliphatic rings. The number of allylic oxidation sites excluding steroid dienone is 4. The Bertz CT molecular complexity index is 639. The van der Waals surface area contributed by atoms with Crippen molar-refractivity contribution in [3.8, 4) is 0 Å². The molecule has 136 valence electrons. The number of aryl methyl sites for hydroxylation is 1. The molecule has 0 radical (unpaired) electrons. The van der Waals surface area contributed by atoms with Crippen molar-refractivity contribution in [2.45, 2.75) is 64.2 Å². The Balaban J connectivity index is 1.79. The number of carbonyl (C=O) groups is 1. The SMILES string of the molecule is CSc1ccccc1CCCCC(=O)/C=C/C1C(C)=CCCC1(C)C. The largest absolute Gasteiger partial charge is 0.295 e. The molecule has 0 N–H and O–H groups in total. The van der Waals surface area contributed by atoms with Crippen LogP contribution in [0.15, 0.2) is 53.0 Å². The van der Waals surface area contributed by atoms with Gasteiger partial charge in [-0.2, -0.15) is 0 Å². The molecule has 0 aromatic heterocycles. The Morgan fingerprint density at radius 3 is 2.76 bits per heavy atom. The second-order valence-corrected chi connectivity index (χ2v) is 8.65. The van der Waals surface area contributed by atoms with Crippen molar-refractivity contribution >= 4 is 17.5 Å². The van der Waals surface area contributed by atoms with Crippen LogP contribution < -0.4 is 0 Å². The second-order valence-electron chi connectivity index (χ2n) is 7.80. The van der Waals surface area contributed by atoms with Crippen LogP contribution in [-0.4, -0.2) is 12.0 Å². The van der Waals surface area contributed by atoms with E-state index >= 15 is 0 Å². The normalized spacial score (nSPS) is 19.8. The molecule has 0 spiro atoms. The summed E-state index contributed by atoms with van der Waals surface area (Å²) in [5.41, 5.74) is 3.08. The summed E-state index contributed by atoms with van der Waals surface area (Å²) < 4.78 is 0. The fourth-order valence-electron chi connectivity index (χ4n) is 3.79. The zero-order valence-corrected chi connectivity index (χ0v) is 17.0. The van der Waals surface area contributed by atoms with E-state index in [1.54, 1.807) is 11.8 Å². The van der Waals surface area contributed by atoms with Gasteiger partial charge in [-0.3, -0.25) is 4.79 Å². The first kappa shape index (κ1) is 20.0. The molecular formula is C23H32OS. The molecule has 0 aliphatic heterocycles. The van der Waals surface area contributed by atoms with Crippen molar-refractivity contribution in [3.05, 3.63) is 53.6 Å². The van der Waals surface area contributed by atoms with E-state index in [1.165, 1.54) is 22.5 Å². The molecular weight excluding hydrogens is 324 g/mol. The van der Waals surface area contributed by atoms with Gasteiger partial charge in [0.15, 0.2) is 5.78 Å². The lowest BCUT2D eigenvalue weighted by atomic mass is 9.68. The summed E-state index contributed by atoms with van der Waals surface area (Å²) in [5, 5.41) is 0. The summed E-state index contributed by atoms with van der Waals surface area (Å²) in [7, 11) is 0. The highest BCUT2D eigenvalue weighted by atomic mass is 32.2. The molecule has 1 aromatic carbocycles. The lowest BCUT2D eigenvalue weighted by molar-refractivity contribution is -0.114. The first-order valence-electron chi connectivity index (χ1n) is 9.43. The molecule has 2 rings (SSSR count). The lowest BCUT2D eigenvalue weighted by Crippen LogP contribution is -2.26. The first-order valence-corrected chi connectivity index (χ1v) is 10.7. The van der Waals surface area contributed by atoms with Crippen LogP contribution in [0.2, 0.25) is 0 Å². The van der Waals surface area contributed by atoms with Gasteiger partial charge in [0.2, 0.25) is 0 Å². The summed E-state index contributed by atoms with van der Waals surface area (Å²) in [6, 6.07) is 8.57. The van der Waals surface area contributed by atoms with Gasteiger partial charge in [-0.05, 0) is 68.4 Å². The van der Waals surface area contributed by atoms with Gasteiger partial charge in [-0.1, -0.05) is 49.8 Å². The average molecular weight is 357 g/mol. The quantitative estimate of drug-likeness (QED) is 0.225. The zero-order chi connectivity index (χ0) is 18.3. The molecule has 0 saturated heterocycles. The van der Waals surface area contributed by atoms with Crippen LogP contribution in [0.25, 0.3) is 0 Å². The number of carbonyl (C=O) groups excluding carboxylic acids is 1. The maximum absolute atomic E-state index is 12.2. The predicted molar refractivity (Wildman–Crippen MR) is 110 cm³/mol. The Morgan fingerprint density at radius 2 is 2.04 bits per heavy atom. The van der Waals surface area contributed by atoms with E-state index in [0.29, 0.717) is 12.3 Å². The Labute approximate surface area is 158 Å². The van der Waals surface area contributed by atoms with E-state index in [1.807, 2.05) is 6.08 Å². The third-order valence-electron chi connectivity index (χ3n) is 5.37. The van der Waals surface area contributed by atoms with Gasteiger partial charge in [0, 0.05) is 17.2 Å². The van der Waals surface area contributed by atoms with E-state index in [-0.39, 0.29) is 11.2 Å². The minimum absolute atomic E-state index is 0.261. The fraction of sp³-hybridized carbons (Fsp3) is 0.522. The molecule has 0 amide bonds. The summed E-state index contributed by atoms with van der Waals surface area (Å²) in [5.74, 6) is 0.672.